The van der Waals surface area contributed by atoms with E-state index in [4.69, 9.17) is 15.6 Å². The normalized spacial score (nSPS) is 20.4. The zero-order chi connectivity index (χ0) is 22.6. The molecule has 1 amide bonds. The van der Waals surface area contributed by atoms with E-state index < -0.39 is 17.3 Å². The average Bonchev–Trinajstić information content (AvgIpc) is 2.83. The van der Waals surface area contributed by atoms with Crippen LogP contribution in [0, 0.1) is 5.92 Å². The van der Waals surface area contributed by atoms with Gasteiger partial charge in [0.2, 0.25) is 0 Å². The number of phenols is 1. The summed E-state index contributed by atoms with van der Waals surface area (Å²) >= 11 is 3.10. The van der Waals surface area contributed by atoms with Crippen LogP contribution in [0.25, 0.3) is 0 Å². The lowest BCUT2D eigenvalue weighted by Gasteiger charge is -2.35. The summed E-state index contributed by atoms with van der Waals surface area (Å²) in [5.74, 6) is -0.519. The summed E-state index contributed by atoms with van der Waals surface area (Å²) in [6, 6.07) is 7.13. The molecule has 1 aliphatic heterocycles. The van der Waals surface area contributed by atoms with Crippen molar-refractivity contribution < 1.29 is 19.8 Å². The molecule has 1 aromatic rings. The van der Waals surface area contributed by atoms with E-state index in [0.29, 0.717) is 5.75 Å². The quantitative estimate of drug-likeness (QED) is 0.469. The van der Waals surface area contributed by atoms with Gasteiger partial charge < -0.3 is 26.6 Å². The van der Waals surface area contributed by atoms with Gasteiger partial charge in [-0.1, -0.05) is 52.0 Å². The number of phenolic OH excluding ortho intramolecular Hbond substituents is 1. The number of hydrogen-bond acceptors (Lipinski definition) is 5. The van der Waals surface area contributed by atoms with Gasteiger partial charge >= 0.3 is 5.97 Å². The van der Waals surface area contributed by atoms with Gasteiger partial charge in [-0.3, -0.25) is 9.59 Å². The van der Waals surface area contributed by atoms with E-state index in [1.165, 1.54) is 31.4 Å². The molecule has 2 rings (SSSR count). The molecule has 1 aliphatic rings. The van der Waals surface area contributed by atoms with Crippen LogP contribution >= 0.6 is 12.6 Å². The largest absolute Gasteiger partial charge is 0.508 e. The smallest absolute Gasteiger partial charge is 0.320 e. The molecule has 1 heterocycles. The maximum atomic E-state index is 10.0. The first-order chi connectivity index (χ1) is 13.4. The molecular formula is C21H37N3O4S. The molecular weight excluding hydrogens is 390 g/mol. The lowest BCUT2D eigenvalue weighted by molar-refractivity contribution is -0.139. The van der Waals surface area contributed by atoms with Gasteiger partial charge in [-0.25, -0.2) is 0 Å². The molecule has 0 spiro atoms. The molecule has 0 bridgehead atoms. The summed E-state index contributed by atoms with van der Waals surface area (Å²) in [5, 5.41) is 17.3. The summed E-state index contributed by atoms with van der Waals surface area (Å²) in [6.07, 6.45) is 4.95. The molecule has 0 radical (unpaired) electrons. The summed E-state index contributed by atoms with van der Waals surface area (Å²) < 4.78 is 0. The number of carboxylic acids is 1. The number of primary amides is 1. The number of nitrogens with zero attached hydrogens (tertiary/aromatic N) is 1. The van der Waals surface area contributed by atoms with Crippen molar-refractivity contribution >= 4 is 23.8 Å². The third-order valence-electron chi connectivity index (χ3n) is 5.16. The van der Waals surface area contributed by atoms with E-state index in [1.807, 2.05) is 12.1 Å². The second-order valence-corrected chi connectivity index (χ2v) is 8.27. The highest BCUT2D eigenvalue weighted by molar-refractivity contribution is 7.96. The Bertz CT molecular complexity index is 638. The molecule has 0 aliphatic carbocycles. The van der Waals surface area contributed by atoms with E-state index >= 15 is 0 Å². The summed E-state index contributed by atoms with van der Waals surface area (Å²) in [4.78, 5) is 21.5. The van der Waals surface area contributed by atoms with Crippen LogP contribution in [-0.2, 0) is 10.2 Å². The summed E-state index contributed by atoms with van der Waals surface area (Å²) in [7, 11) is 2.21. The highest BCUT2D eigenvalue weighted by atomic mass is 32.1. The fourth-order valence-corrected chi connectivity index (χ4v) is 3.37. The molecule has 0 saturated carbocycles. The van der Waals surface area contributed by atoms with E-state index in [2.05, 4.69) is 43.3 Å². The van der Waals surface area contributed by atoms with E-state index in [0.717, 1.165) is 13.0 Å². The minimum absolute atomic E-state index is 0.0208. The van der Waals surface area contributed by atoms with Crippen LogP contribution in [0.15, 0.2) is 24.3 Å². The van der Waals surface area contributed by atoms with Crippen molar-refractivity contribution in [3.8, 4) is 5.75 Å². The molecule has 8 heteroatoms. The minimum atomic E-state index is -0.931. The second kappa shape index (κ2) is 13.5. The number of amides is 1. The number of carbonyl (C=O) groups is 2. The molecule has 2 atom stereocenters. The fourth-order valence-electron chi connectivity index (χ4n) is 3.37. The van der Waals surface area contributed by atoms with Gasteiger partial charge in [0.05, 0.1) is 0 Å². The van der Waals surface area contributed by atoms with Crippen molar-refractivity contribution in [1.29, 1.82) is 0 Å². The number of hydrogen-bond donors (Lipinski definition) is 5. The predicted octanol–water partition coefficient (Wildman–Crippen LogP) is 3.20. The molecule has 0 aromatic heterocycles. The maximum Gasteiger partial charge on any atom is 0.320 e. The van der Waals surface area contributed by atoms with Gasteiger partial charge in [0.25, 0.3) is 5.24 Å². The standard InChI is InChI=1S/C15H23NO.C5H11NO2.CH3NOS/c1-3-15(9-4-5-10-16(2)12-15)13-7-6-8-14(17)11-13;1-3(2)4(6)5(7)8;2-1(3)4/h6-8,11,17H,3-5,9-10,12H2,1-2H3;3-4H,6H2,1-2H3,(H,7,8);(H3,2,3,4)/t;4-;/m.0./s1. The number of likely N-dealkylation sites (N-methyl/N-ethyl adjacent to an activating group) is 1. The van der Waals surface area contributed by atoms with Crippen LogP contribution in [0.1, 0.15) is 52.0 Å². The first-order valence-electron chi connectivity index (χ1n) is 9.90. The van der Waals surface area contributed by atoms with E-state index in [9.17, 15) is 9.90 Å². The second-order valence-electron chi connectivity index (χ2n) is 7.83. The van der Waals surface area contributed by atoms with Crippen molar-refractivity contribution in [2.24, 2.45) is 17.4 Å². The van der Waals surface area contributed by atoms with Crippen molar-refractivity contribution in [2.45, 2.75) is 57.9 Å². The zero-order valence-corrected chi connectivity index (χ0v) is 18.9. The van der Waals surface area contributed by atoms with Gasteiger partial charge in [-0.2, -0.15) is 0 Å². The number of rotatable bonds is 4. The van der Waals surface area contributed by atoms with Gasteiger partial charge in [-0.15, -0.1) is 0 Å². The highest BCUT2D eigenvalue weighted by Crippen LogP contribution is 2.37. The van der Waals surface area contributed by atoms with Crippen LogP contribution in [0.2, 0.25) is 0 Å². The number of benzene rings is 1. The molecule has 1 fully saturated rings. The number of nitrogens with two attached hydrogens (primary N) is 2. The Hall–Kier alpha value is -1.77. The number of carboxylic acid groups (broad SMARTS) is 1. The van der Waals surface area contributed by atoms with Gasteiger partial charge in [0.15, 0.2) is 0 Å². The van der Waals surface area contributed by atoms with E-state index in [1.54, 1.807) is 19.9 Å². The van der Waals surface area contributed by atoms with Crippen molar-refractivity contribution in [1.82, 2.24) is 4.90 Å². The van der Waals surface area contributed by atoms with Crippen LogP contribution in [0.3, 0.4) is 0 Å². The van der Waals surface area contributed by atoms with Crippen LogP contribution in [0.5, 0.6) is 5.75 Å². The van der Waals surface area contributed by atoms with Gasteiger partial charge in [0, 0.05) is 12.0 Å². The monoisotopic (exact) mass is 427 g/mol. The van der Waals surface area contributed by atoms with Crippen LogP contribution < -0.4 is 11.5 Å². The number of carbonyl (C=O) groups excluding carboxylic acids is 1. The Morgan fingerprint density at radius 3 is 2.31 bits per heavy atom. The molecule has 1 unspecified atom stereocenters. The molecule has 166 valence electrons. The number of likely N-dealkylation sites (tertiary alicyclic amines) is 1. The SMILES string of the molecule is CC(C)[C@H](N)C(=O)O.CCC1(c2cccc(O)c2)CCCCN(C)C1.NC(=O)S. The summed E-state index contributed by atoms with van der Waals surface area (Å²) in [5.41, 5.74) is 11.0. The Kier molecular flexibility index (Phi) is 12.6. The molecule has 1 aromatic carbocycles. The first kappa shape index (κ1) is 27.2. The first-order valence-corrected chi connectivity index (χ1v) is 10.3. The van der Waals surface area contributed by atoms with Gasteiger partial charge in [0.1, 0.15) is 11.8 Å². The Morgan fingerprint density at radius 1 is 1.31 bits per heavy atom. The van der Waals surface area contributed by atoms with Gasteiger partial charge in [-0.05, 0) is 56.5 Å². The lowest BCUT2D eigenvalue weighted by atomic mass is 9.74. The molecule has 6 N–H and O–H groups in total. The minimum Gasteiger partial charge on any atom is -0.508 e. The average molecular weight is 428 g/mol. The van der Waals surface area contributed by atoms with E-state index in [-0.39, 0.29) is 11.3 Å². The Labute approximate surface area is 179 Å². The van der Waals surface area contributed by atoms with Crippen molar-refractivity contribution in [3.63, 3.8) is 0 Å². The third kappa shape index (κ3) is 10.5. The fraction of sp³-hybridized carbons (Fsp3) is 0.619. The predicted molar refractivity (Wildman–Crippen MR) is 120 cm³/mol. The summed E-state index contributed by atoms with van der Waals surface area (Å²) in [6.45, 7) is 8.12. The molecule has 29 heavy (non-hydrogen) atoms. The number of aromatic hydroxyl groups is 1. The van der Waals surface area contributed by atoms with Crippen LogP contribution in [-0.4, -0.2) is 52.5 Å². The van der Waals surface area contributed by atoms with Crippen molar-refractivity contribution in [2.75, 3.05) is 20.1 Å². The Morgan fingerprint density at radius 2 is 1.90 bits per heavy atom. The molecule has 7 nitrogen and oxygen atoms in total. The maximum absolute atomic E-state index is 10.0. The topological polar surface area (TPSA) is 130 Å². The highest BCUT2D eigenvalue weighted by Gasteiger charge is 2.33. The number of aliphatic carboxylic acids is 1. The van der Waals surface area contributed by atoms with Crippen LogP contribution in [0.4, 0.5) is 4.79 Å². The molecule has 1 saturated heterocycles. The number of thiol groups is 1. The third-order valence-corrected chi connectivity index (χ3v) is 5.16. The Balaban J connectivity index is 0.000000547. The van der Waals surface area contributed by atoms with Crippen molar-refractivity contribution in [3.05, 3.63) is 29.8 Å². The lowest BCUT2D eigenvalue weighted by Crippen LogP contribution is -2.37. The zero-order valence-electron chi connectivity index (χ0n) is 18.0.